The highest BCUT2D eigenvalue weighted by atomic mass is 16.2. The quantitative estimate of drug-likeness (QED) is 0.365. The van der Waals surface area contributed by atoms with Gasteiger partial charge in [-0.25, -0.2) is 0 Å². The summed E-state index contributed by atoms with van der Waals surface area (Å²) in [5.74, 6) is -1.26. The summed E-state index contributed by atoms with van der Waals surface area (Å²) in [6.07, 6.45) is 7.59. The Bertz CT molecular complexity index is 616. The zero-order valence-electron chi connectivity index (χ0n) is 16.1. The second kappa shape index (κ2) is 12.7. The number of benzene rings is 1. The van der Waals surface area contributed by atoms with E-state index in [9.17, 15) is 14.4 Å². The predicted octanol–water partition coefficient (Wildman–Crippen LogP) is 2.23. The molecule has 4 N–H and O–H groups in total. The largest absolute Gasteiger partial charge is 0.368 e. The van der Waals surface area contributed by atoms with E-state index in [1.165, 1.54) is 6.92 Å². The number of hydrogen-bond donors (Lipinski definition) is 3. The molecule has 0 fully saturated rings. The van der Waals surface area contributed by atoms with Crippen molar-refractivity contribution in [1.29, 1.82) is 0 Å². The smallest absolute Gasteiger partial charge is 0.243 e. The summed E-state index contributed by atoms with van der Waals surface area (Å²) in [4.78, 5) is 35.8. The number of nitrogens with one attached hydrogen (secondary N) is 2. The zero-order valence-corrected chi connectivity index (χ0v) is 16.1. The molecule has 1 aromatic carbocycles. The molecule has 0 saturated carbocycles. The van der Waals surface area contributed by atoms with Crippen molar-refractivity contribution in [1.82, 2.24) is 10.6 Å². The number of allylic oxidation sites excluding steroid dienone is 1. The van der Waals surface area contributed by atoms with E-state index >= 15 is 0 Å². The Morgan fingerprint density at radius 3 is 2.30 bits per heavy atom. The Balaban J connectivity index is 2.61. The van der Waals surface area contributed by atoms with Gasteiger partial charge in [0.15, 0.2) is 0 Å². The van der Waals surface area contributed by atoms with Crippen LogP contribution in [0.4, 0.5) is 0 Å². The van der Waals surface area contributed by atoms with Crippen LogP contribution >= 0.6 is 0 Å². The number of primary amides is 1. The molecule has 0 aromatic heterocycles. The van der Waals surface area contributed by atoms with Crippen molar-refractivity contribution in [3.05, 3.63) is 48.6 Å². The fourth-order valence-electron chi connectivity index (χ4n) is 2.85. The minimum Gasteiger partial charge on any atom is -0.368 e. The van der Waals surface area contributed by atoms with Gasteiger partial charge in [0.05, 0.1) is 0 Å². The van der Waals surface area contributed by atoms with E-state index in [1.54, 1.807) is 0 Å². The number of carbonyl (C=O) groups is 3. The first kappa shape index (κ1) is 22.4. The van der Waals surface area contributed by atoms with Crippen LogP contribution in [0.3, 0.4) is 0 Å². The molecule has 0 heterocycles. The van der Waals surface area contributed by atoms with Crippen LogP contribution in [-0.2, 0) is 20.8 Å². The van der Waals surface area contributed by atoms with Crippen LogP contribution in [0.25, 0.3) is 0 Å². The van der Waals surface area contributed by atoms with Crippen LogP contribution in [0.2, 0.25) is 0 Å². The standard InChI is InChI=1S/C21H31N3O3/c1-3-4-5-6-7-11-14-18(20(22)26)24-21(27)19(23-16(2)25)15-17-12-9-8-10-13-17/h3,8-10,12-13,18-19H,1,4-7,11,14-15H2,2H3,(H2,22,26)(H,23,25)(H,24,27)/t18-,19-/m1/s1. The van der Waals surface area contributed by atoms with Crippen LogP contribution in [0.5, 0.6) is 0 Å². The van der Waals surface area contributed by atoms with E-state index in [0.717, 1.165) is 37.7 Å². The summed E-state index contributed by atoms with van der Waals surface area (Å²) in [5.41, 5.74) is 6.37. The van der Waals surface area contributed by atoms with Gasteiger partial charge in [-0.15, -0.1) is 6.58 Å². The van der Waals surface area contributed by atoms with Gasteiger partial charge >= 0.3 is 0 Å². The van der Waals surface area contributed by atoms with Gasteiger partial charge in [0.25, 0.3) is 0 Å². The number of hydrogen-bond acceptors (Lipinski definition) is 3. The summed E-state index contributed by atoms with van der Waals surface area (Å²) in [5, 5.41) is 5.35. The normalized spacial score (nSPS) is 12.6. The van der Waals surface area contributed by atoms with E-state index in [0.29, 0.717) is 12.8 Å². The molecule has 0 aliphatic carbocycles. The molecule has 1 rings (SSSR count). The second-order valence-corrected chi connectivity index (χ2v) is 6.69. The van der Waals surface area contributed by atoms with Crippen LogP contribution < -0.4 is 16.4 Å². The summed E-state index contributed by atoms with van der Waals surface area (Å²) in [6.45, 7) is 5.05. The number of nitrogens with two attached hydrogens (primary N) is 1. The Morgan fingerprint density at radius 1 is 1.04 bits per heavy atom. The van der Waals surface area contributed by atoms with Crippen molar-refractivity contribution >= 4 is 17.7 Å². The number of rotatable bonds is 13. The third-order valence-corrected chi connectivity index (χ3v) is 4.29. The molecule has 0 bridgehead atoms. The van der Waals surface area contributed by atoms with E-state index in [4.69, 9.17) is 5.73 Å². The second-order valence-electron chi connectivity index (χ2n) is 6.69. The van der Waals surface area contributed by atoms with Gasteiger partial charge in [-0.2, -0.15) is 0 Å². The molecule has 3 amide bonds. The molecular formula is C21H31N3O3. The maximum atomic E-state index is 12.6. The summed E-state index contributed by atoms with van der Waals surface area (Å²) >= 11 is 0. The SMILES string of the molecule is C=CCCCCCC[C@@H](NC(=O)[C@@H](Cc1ccccc1)NC(C)=O)C(N)=O. The lowest BCUT2D eigenvalue weighted by Crippen LogP contribution is -2.53. The molecule has 2 atom stereocenters. The van der Waals surface area contributed by atoms with Gasteiger partial charge in [0, 0.05) is 13.3 Å². The van der Waals surface area contributed by atoms with Crippen LogP contribution in [0, 0.1) is 0 Å². The molecule has 1 aromatic rings. The Morgan fingerprint density at radius 2 is 1.70 bits per heavy atom. The summed E-state index contributed by atoms with van der Waals surface area (Å²) in [6, 6.07) is 7.92. The van der Waals surface area contributed by atoms with Crippen LogP contribution in [0.15, 0.2) is 43.0 Å². The predicted molar refractivity (Wildman–Crippen MR) is 107 cm³/mol. The molecule has 6 heteroatoms. The average Bonchev–Trinajstić information content (AvgIpc) is 2.63. The van der Waals surface area contributed by atoms with Gasteiger partial charge < -0.3 is 16.4 Å². The number of amides is 3. The lowest BCUT2D eigenvalue weighted by Gasteiger charge is -2.21. The molecule has 0 spiro atoms. The van der Waals surface area contributed by atoms with Crippen LogP contribution in [0.1, 0.15) is 51.0 Å². The first-order valence-electron chi connectivity index (χ1n) is 9.45. The van der Waals surface area contributed by atoms with Crippen molar-refractivity contribution in [2.45, 2.75) is 64.0 Å². The molecule has 0 saturated heterocycles. The average molecular weight is 373 g/mol. The monoisotopic (exact) mass is 373 g/mol. The van der Waals surface area contributed by atoms with E-state index < -0.39 is 23.9 Å². The summed E-state index contributed by atoms with van der Waals surface area (Å²) in [7, 11) is 0. The van der Waals surface area contributed by atoms with E-state index in [1.807, 2.05) is 36.4 Å². The Kier molecular flexibility index (Phi) is 10.5. The molecule has 148 valence electrons. The zero-order chi connectivity index (χ0) is 20.1. The molecule has 6 nitrogen and oxygen atoms in total. The van der Waals surface area contributed by atoms with Gasteiger partial charge in [0.1, 0.15) is 12.1 Å². The van der Waals surface area contributed by atoms with E-state index in [2.05, 4.69) is 17.2 Å². The molecule has 0 radical (unpaired) electrons. The Hall–Kier alpha value is -2.63. The van der Waals surface area contributed by atoms with Crippen molar-refractivity contribution in [3.8, 4) is 0 Å². The van der Waals surface area contributed by atoms with Crippen molar-refractivity contribution in [2.75, 3.05) is 0 Å². The fraction of sp³-hybridized carbons (Fsp3) is 0.476. The molecule has 0 aliphatic rings. The highest BCUT2D eigenvalue weighted by molar-refractivity contribution is 5.91. The van der Waals surface area contributed by atoms with Crippen molar-refractivity contribution in [2.24, 2.45) is 5.73 Å². The maximum absolute atomic E-state index is 12.6. The lowest BCUT2D eigenvalue weighted by atomic mass is 10.0. The van der Waals surface area contributed by atoms with Crippen molar-refractivity contribution in [3.63, 3.8) is 0 Å². The lowest BCUT2D eigenvalue weighted by molar-refractivity contribution is -0.130. The number of unbranched alkanes of at least 4 members (excludes halogenated alkanes) is 4. The molecule has 0 unspecified atom stereocenters. The first-order chi connectivity index (χ1) is 12.9. The van der Waals surface area contributed by atoms with Gasteiger partial charge in [-0.1, -0.05) is 55.7 Å². The highest BCUT2D eigenvalue weighted by Crippen LogP contribution is 2.09. The molecule has 0 aliphatic heterocycles. The minimum absolute atomic E-state index is 0.302. The van der Waals surface area contributed by atoms with Gasteiger partial charge in [-0.3, -0.25) is 14.4 Å². The van der Waals surface area contributed by atoms with Gasteiger partial charge in [0.2, 0.25) is 17.7 Å². The third kappa shape index (κ3) is 9.58. The van der Waals surface area contributed by atoms with Crippen LogP contribution in [-0.4, -0.2) is 29.8 Å². The topological polar surface area (TPSA) is 101 Å². The van der Waals surface area contributed by atoms with Gasteiger partial charge in [-0.05, 0) is 24.8 Å². The van der Waals surface area contributed by atoms with Crippen molar-refractivity contribution < 1.29 is 14.4 Å². The first-order valence-corrected chi connectivity index (χ1v) is 9.45. The molecular weight excluding hydrogens is 342 g/mol. The number of carbonyl (C=O) groups excluding carboxylic acids is 3. The molecule has 27 heavy (non-hydrogen) atoms. The minimum atomic E-state index is -0.751. The maximum Gasteiger partial charge on any atom is 0.243 e. The summed E-state index contributed by atoms with van der Waals surface area (Å²) < 4.78 is 0. The fourth-order valence-corrected chi connectivity index (χ4v) is 2.85. The third-order valence-electron chi connectivity index (χ3n) is 4.29. The van der Waals surface area contributed by atoms with E-state index in [-0.39, 0.29) is 5.91 Å². The highest BCUT2D eigenvalue weighted by Gasteiger charge is 2.24. The Labute approximate surface area is 161 Å².